The van der Waals surface area contributed by atoms with Gasteiger partial charge in [0.15, 0.2) is 0 Å². The predicted molar refractivity (Wildman–Crippen MR) is 94.6 cm³/mol. The van der Waals surface area contributed by atoms with Crippen LogP contribution in [0.25, 0.3) is 0 Å². The minimum atomic E-state index is -0.969. The summed E-state index contributed by atoms with van der Waals surface area (Å²) in [6, 6.07) is 10.9. The Labute approximate surface area is 160 Å². The molecule has 0 aliphatic carbocycles. The number of amides is 2. The Balaban J connectivity index is 1.61. The molecule has 2 aromatic carbocycles. The zero-order valence-corrected chi connectivity index (χ0v) is 14.8. The molecule has 0 spiro atoms. The Morgan fingerprint density at radius 1 is 1.00 bits per heavy atom. The quantitative estimate of drug-likeness (QED) is 0.750. The molecule has 8 heteroatoms. The van der Waals surface area contributed by atoms with Crippen molar-refractivity contribution in [2.75, 3.05) is 26.3 Å². The highest BCUT2D eigenvalue weighted by atomic mass is 19.1. The van der Waals surface area contributed by atoms with E-state index < -0.39 is 29.6 Å². The van der Waals surface area contributed by atoms with E-state index in [1.165, 1.54) is 30.3 Å². The summed E-state index contributed by atoms with van der Waals surface area (Å²) in [7, 11) is 0. The van der Waals surface area contributed by atoms with E-state index in [1.54, 1.807) is 23.1 Å². The molecule has 2 aliphatic heterocycles. The lowest BCUT2D eigenvalue weighted by Crippen LogP contribution is -2.45. The number of hydroxylamine groups is 2. The Kier molecular flexibility index (Phi) is 4.89. The van der Waals surface area contributed by atoms with Crippen molar-refractivity contribution in [3.05, 3.63) is 71.0 Å². The van der Waals surface area contributed by atoms with Crippen LogP contribution in [0.1, 0.15) is 32.3 Å². The molecule has 2 aromatic rings. The van der Waals surface area contributed by atoms with E-state index in [0.717, 1.165) is 0 Å². The monoisotopic (exact) mass is 384 g/mol. The number of hydrogen-bond acceptors (Lipinski definition) is 6. The molecule has 2 heterocycles. The molecule has 4 rings (SSSR count). The van der Waals surface area contributed by atoms with Crippen LogP contribution in [0.4, 0.5) is 4.39 Å². The van der Waals surface area contributed by atoms with Crippen molar-refractivity contribution in [1.82, 2.24) is 9.96 Å². The van der Waals surface area contributed by atoms with E-state index >= 15 is 0 Å². The zero-order chi connectivity index (χ0) is 19.7. The second-order valence-electron chi connectivity index (χ2n) is 6.47. The van der Waals surface area contributed by atoms with Crippen LogP contribution in [-0.4, -0.2) is 54.1 Å². The molecule has 0 radical (unpaired) electrons. The van der Waals surface area contributed by atoms with Gasteiger partial charge in [-0.05, 0) is 29.8 Å². The molecular formula is C20H17FN2O5. The summed E-state index contributed by atoms with van der Waals surface area (Å²) in [6.45, 7) is 1.68. The normalized spacial score (nSPS) is 18.1. The summed E-state index contributed by atoms with van der Waals surface area (Å²) in [6.07, 6.45) is 0. The highest BCUT2D eigenvalue weighted by Crippen LogP contribution is 2.28. The van der Waals surface area contributed by atoms with Crippen LogP contribution in [0.3, 0.4) is 0 Å². The molecule has 0 N–H and O–H groups in total. The number of halogens is 1. The van der Waals surface area contributed by atoms with Crippen LogP contribution in [0.15, 0.2) is 48.5 Å². The summed E-state index contributed by atoms with van der Waals surface area (Å²) in [5.41, 5.74) is 0.728. The van der Waals surface area contributed by atoms with Gasteiger partial charge in [0.25, 0.3) is 11.8 Å². The van der Waals surface area contributed by atoms with Crippen LogP contribution in [-0.2, 0) is 14.4 Å². The van der Waals surface area contributed by atoms with Crippen LogP contribution in [0.2, 0.25) is 0 Å². The van der Waals surface area contributed by atoms with Crippen molar-refractivity contribution >= 4 is 17.8 Å². The first-order valence-electron chi connectivity index (χ1n) is 8.83. The fourth-order valence-corrected chi connectivity index (χ4v) is 3.40. The first-order valence-corrected chi connectivity index (χ1v) is 8.83. The summed E-state index contributed by atoms with van der Waals surface area (Å²) < 4.78 is 19.1. The lowest BCUT2D eigenvalue weighted by atomic mass is 10.0. The first kappa shape index (κ1) is 18.3. The predicted octanol–water partition coefficient (Wildman–Crippen LogP) is 1.95. The Hall–Kier alpha value is -3.10. The van der Waals surface area contributed by atoms with Gasteiger partial charge in [-0.25, -0.2) is 9.18 Å². The van der Waals surface area contributed by atoms with Gasteiger partial charge in [0.1, 0.15) is 11.9 Å². The zero-order valence-electron chi connectivity index (χ0n) is 14.8. The molecule has 1 unspecified atom stereocenters. The third-order valence-corrected chi connectivity index (χ3v) is 4.74. The van der Waals surface area contributed by atoms with E-state index in [-0.39, 0.29) is 11.1 Å². The molecule has 144 valence electrons. The number of morpholine rings is 1. The lowest BCUT2D eigenvalue weighted by Gasteiger charge is -2.33. The largest absolute Gasteiger partial charge is 0.379 e. The Morgan fingerprint density at radius 3 is 2.25 bits per heavy atom. The molecule has 7 nitrogen and oxygen atoms in total. The number of ether oxygens (including phenoxy) is 1. The number of fused-ring (bicyclic) bond motifs is 1. The van der Waals surface area contributed by atoms with E-state index in [2.05, 4.69) is 0 Å². The van der Waals surface area contributed by atoms with Crippen molar-refractivity contribution in [1.29, 1.82) is 0 Å². The number of hydrogen-bond donors (Lipinski definition) is 0. The number of rotatable bonds is 4. The number of carbonyl (C=O) groups is 3. The second-order valence-corrected chi connectivity index (χ2v) is 6.47. The van der Waals surface area contributed by atoms with Crippen LogP contribution in [0.5, 0.6) is 0 Å². The van der Waals surface area contributed by atoms with Crippen molar-refractivity contribution in [2.24, 2.45) is 0 Å². The fraction of sp³-hybridized carbons (Fsp3) is 0.250. The van der Waals surface area contributed by atoms with Gasteiger partial charge in [0.05, 0.1) is 24.3 Å². The van der Waals surface area contributed by atoms with Gasteiger partial charge in [-0.2, -0.15) is 0 Å². The topological polar surface area (TPSA) is 76.2 Å². The summed E-state index contributed by atoms with van der Waals surface area (Å²) in [5.74, 6) is -2.73. The van der Waals surface area contributed by atoms with Gasteiger partial charge < -0.3 is 9.57 Å². The van der Waals surface area contributed by atoms with Gasteiger partial charge in [0, 0.05) is 13.1 Å². The smallest absolute Gasteiger partial charge is 0.354 e. The maximum atomic E-state index is 13.8. The fourth-order valence-electron chi connectivity index (χ4n) is 3.40. The minimum Gasteiger partial charge on any atom is -0.379 e. The highest BCUT2D eigenvalue weighted by Gasteiger charge is 2.41. The molecule has 1 atom stereocenters. The number of nitrogens with zero attached hydrogens (tertiary/aromatic N) is 2. The molecule has 1 saturated heterocycles. The third kappa shape index (κ3) is 3.28. The maximum Gasteiger partial charge on any atom is 0.354 e. The molecule has 1 fully saturated rings. The van der Waals surface area contributed by atoms with E-state index in [1.807, 2.05) is 0 Å². The summed E-state index contributed by atoms with van der Waals surface area (Å²) in [4.78, 5) is 44.9. The van der Waals surface area contributed by atoms with Gasteiger partial charge in [0.2, 0.25) is 0 Å². The molecule has 0 bridgehead atoms. The van der Waals surface area contributed by atoms with Crippen molar-refractivity contribution in [3.63, 3.8) is 0 Å². The Morgan fingerprint density at radius 2 is 1.64 bits per heavy atom. The lowest BCUT2D eigenvalue weighted by molar-refractivity contribution is -0.177. The third-order valence-electron chi connectivity index (χ3n) is 4.74. The SMILES string of the molecule is O=C(ON1C(=O)c2ccccc2C1=O)C(c1cccc(F)c1)N1CCOCC1. The van der Waals surface area contributed by atoms with Crippen molar-refractivity contribution < 1.29 is 28.3 Å². The minimum absolute atomic E-state index is 0.175. The number of imide groups is 1. The molecular weight excluding hydrogens is 367 g/mol. The van der Waals surface area contributed by atoms with Gasteiger partial charge in [-0.15, -0.1) is 0 Å². The molecule has 0 aromatic heterocycles. The van der Waals surface area contributed by atoms with Gasteiger partial charge in [-0.1, -0.05) is 29.3 Å². The first-order chi connectivity index (χ1) is 13.6. The average molecular weight is 384 g/mol. The highest BCUT2D eigenvalue weighted by molar-refractivity contribution is 6.20. The molecule has 2 aliphatic rings. The van der Waals surface area contributed by atoms with E-state index in [4.69, 9.17) is 9.57 Å². The number of carbonyl (C=O) groups excluding carboxylic acids is 3. The summed E-state index contributed by atoms with van der Waals surface area (Å²) >= 11 is 0. The second kappa shape index (κ2) is 7.49. The van der Waals surface area contributed by atoms with E-state index in [9.17, 15) is 18.8 Å². The van der Waals surface area contributed by atoms with Crippen LogP contribution >= 0.6 is 0 Å². The molecule has 0 saturated carbocycles. The van der Waals surface area contributed by atoms with Gasteiger partial charge in [-0.3, -0.25) is 14.5 Å². The van der Waals surface area contributed by atoms with Crippen molar-refractivity contribution in [2.45, 2.75) is 6.04 Å². The van der Waals surface area contributed by atoms with Crippen LogP contribution < -0.4 is 0 Å². The van der Waals surface area contributed by atoms with E-state index in [0.29, 0.717) is 36.9 Å². The molecule has 28 heavy (non-hydrogen) atoms. The van der Waals surface area contributed by atoms with Gasteiger partial charge >= 0.3 is 5.97 Å². The molecule has 2 amide bonds. The van der Waals surface area contributed by atoms with Crippen LogP contribution in [0, 0.1) is 5.82 Å². The summed E-state index contributed by atoms with van der Waals surface area (Å²) in [5, 5.41) is 0.472. The average Bonchev–Trinajstić information content (AvgIpc) is 2.94. The number of benzene rings is 2. The standard InChI is InChI=1S/C20H17FN2O5/c21-14-5-3-4-13(12-14)17(22-8-10-27-11-9-22)20(26)28-23-18(24)15-6-1-2-7-16(15)19(23)25/h1-7,12,17H,8-11H2. The Bertz CT molecular complexity index is 907. The van der Waals surface area contributed by atoms with Crippen molar-refractivity contribution in [3.8, 4) is 0 Å². The maximum absolute atomic E-state index is 13.8.